The molecule has 0 spiro atoms. The van der Waals surface area contributed by atoms with Gasteiger partial charge in [0, 0.05) is 58.2 Å². The van der Waals surface area contributed by atoms with Crippen molar-refractivity contribution in [2.24, 2.45) is 0 Å². The molecule has 0 atom stereocenters. The molecule has 52 heavy (non-hydrogen) atoms. The average Bonchev–Trinajstić information content (AvgIpc) is 3.83. The van der Waals surface area contributed by atoms with Gasteiger partial charge in [-0.15, -0.1) is 83.1 Å². The first-order valence-corrected chi connectivity index (χ1v) is 16.7. The van der Waals surface area contributed by atoms with E-state index < -0.39 is 0 Å². The van der Waals surface area contributed by atoms with Crippen LogP contribution in [0.4, 0.5) is 0 Å². The minimum absolute atomic E-state index is 0. The normalized spacial score (nSPS) is 10.8. The number of hydrogen-bond acceptors (Lipinski definition) is 7. The summed E-state index contributed by atoms with van der Waals surface area (Å²) >= 11 is 1.64. The Kier molecular flexibility index (Phi) is 10.5. The number of benzene rings is 4. The van der Waals surface area contributed by atoms with Gasteiger partial charge in [-0.1, -0.05) is 53.5 Å². The first kappa shape index (κ1) is 35.2. The fourth-order valence-corrected chi connectivity index (χ4v) is 6.45. The predicted molar refractivity (Wildman–Crippen MR) is 195 cm³/mol. The summed E-state index contributed by atoms with van der Waals surface area (Å²) in [5, 5.41) is 3.92. The van der Waals surface area contributed by atoms with E-state index >= 15 is 0 Å². The van der Waals surface area contributed by atoms with Gasteiger partial charge in [0.2, 0.25) is 5.95 Å². The van der Waals surface area contributed by atoms with Gasteiger partial charge in [-0.25, -0.2) is 9.97 Å². The first-order chi connectivity index (χ1) is 24.7. The second kappa shape index (κ2) is 15.5. The quantitative estimate of drug-likeness (QED) is 0.141. The van der Waals surface area contributed by atoms with Crippen LogP contribution >= 0.6 is 11.3 Å². The van der Waals surface area contributed by atoms with Crippen molar-refractivity contribution in [2.75, 3.05) is 0 Å². The van der Waals surface area contributed by atoms with Crippen LogP contribution in [0.3, 0.4) is 0 Å². The summed E-state index contributed by atoms with van der Waals surface area (Å²) in [6.07, 6.45) is 7.19. The van der Waals surface area contributed by atoms with Gasteiger partial charge in [-0.2, -0.15) is 22.9 Å². The van der Waals surface area contributed by atoms with Crippen LogP contribution in [0, 0.1) is 24.3 Å². The van der Waals surface area contributed by atoms with Crippen LogP contribution in [0.5, 0.6) is 23.0 Å². The average molecular weight is 1050 g/mol. The molecule has 4 aromatic carbocycles. The zero-order valence-corrected chi connectivity index (χ0v) is 32.2. The fourth-order valence-electron chi connectivity index (χ4n) is 5.75. The van der Waals surface area contributed by atoms with Gasteiger partial charge in [0.05, 0.1) is 0 Å². The van der Waals surface area contributed by atoms with Crippen LogP contribution in [0.15, 0.2) is 139 Å². The summed E-state index contributed by atoms with van der Waals surface area (Å²) in [7, 11) is 0. The van der Waals surface area contributed by atoms with Crippen LogP contribution in [-0.2, 0) is 42.1 Å². The van der Waals surface area contributed by atoms with Gasteiger partial charge in [-0.05, 0) is 35.0 Å². The van der Waals surface area contributed by atoms with Crippen molar-refractivity contribution in [1.82, 2.24) is 24.5 Å². The molecule has 5 heterocycles. The van der Waals surface area contributed by atoms with E-state index in [1.165, 1.54) is 0 Å². The van der Waals surface area contributed by atoms with Crippen LogP contribution < -0.4 is 9.47 Å². The van der Waals surface area contributed by atoms with Crippen LogP contribution in [0.25, 0.3) is 60.7 Å². The molecule has 0 bridgehead atoms. The molecule has 0 fully saturated rings. The van der Waals surface area contributed by atoms with Gasteiger partial charge < -0.3 is 24.0 Å². The Morgan fingerprint density at radius 2 is 1.04 bits per heavy atom. The summed E-state index contributed by atoms with van der Waals surface area (Å²) < 4.78 is 14.6. The predicted octanol–water partition coefficient (Wildman–Crippen LogP) is 10.2. The summed E-state index contributed by atoms with van der Waals surface area (Å²) in [6, 6.07) is 48.6. The Bertz CT molecular complexity index is 2460. The van der Waals surface area contributed by atoms with Gasteiger partial charge in [0.15, 0.2) is 0 Å². The molecule has 5 aromatic heterocycles. The van der Waals surface area contributed by atoms with Crippen molar-refractivity contribution in [3.63, 3.8) is 0 Å². The zero-order chi connectivity index (χ0) is 33.3. The van der Waals surface area contributed by atoms with Crippen LogP contribution in [-0.4, -0.2) is 24.5 Å². The first-order valence-electron chi connectivity index (χ1n) is 15.8. The number of thiophene rings is 1. The maximum Gasteiger partial charge on any atom is 2.00 e. The molecule has 0 saturated heterocycles. The number of aromatic nitrogens is 5. The molecule has 7 nitrogen and oxygen atoms in total. The Morgan fingerprint density at radius 3 is 1.52 bits per heavy atom. The number of nitrogens with zero attached hydrogens (tertiary/aromatic N) is 5. The minimum Gasteiger partial charge on any atom is -0.503 e. The molecule has 0 aliphatic rings. The third-order valence-electron chi connectivity index (χ3n) is 8.04. The molecule has 0 radical (unpaired) electrons. The van der Waals surface area contributed by atoms with Gasteiger partial charge in [0.1, 0.15) is 0 Å². The standard InChI is InChI=1S/C42H23N5O2S.2Pt/c1-3-19-43-37(12-1)28-8-5-10-31(22-28)48-33-15-17-35-36-18-16-34(49-32-11-6-9-29(23-32)38-13-2-4-20-44-38)25-40(36)47(39(35)24-33)42-45-26-30(27-46-42)41-14-7-21-50-41;;/h1-21,26-27H;;/q-4;2*+2. The van der Waals surface area contributed by atoms with E-state index in [0.29, 0.717) is 28.9 Å². The van der Waals surface area contributed by atoms with E-state index in [1.807, 2.05) is 125 Å². The van der Waals surface area contributed by atoms with Gasteiger partial charge in [0.25, 0.3) is 0 Å². The molecule has 254 valence electrons. The van der Waals surface area contributed by atoms with Crippen molar-refractivity contribution in [2.45, 2.75) is 0 Å². The third-order valence-corrected chi connectivity index (χ3v) is 8.95. The van der Waals surface area contributed by atoms with Gasteiger partial charge >= 0.3 is 42.1 Å². The maximum atomic E-state index is 6.32. The second-order valence-electron chi connectivity index (χ2n) is 11.2. The SMILES string of the molecule is [Pt+2].[Pt+2].[c-]1c(Oc2[c-]c3c(cc2)c2ccc(Oc4[c-]c(-c5ccccn5)ccc4)[c-]c2n3-c2ncc(-c3cccs3)cn2)cccc1-c1ccccn1. The number of hydrogen-bond donors (Lipinski definition) is 0. The smallest absolute Gasteiger partial charge is 0.503 e. The van der Waals surface area contributed by atoms with Crippen molar-refractivity contribution in [3.05, 3.63) is 164 Å². The van der Waals surface area contributed by atoms with E-state index in [1.54, 1.807) is 23.7 Å². The molecule has 0 aliphatic carbocycles. The molecule has 0 N–H and O–H groups in total. The molecule has 9 rings (SSSR count). The Morgan fingerprint density at radius 1 is 0.500 bits per heavy atom. The molecule has 0 unspecified atom stereocenters. The molecule has 9 aromatic rings. The Hall–Kier alpha value is -5.26. The van der Waals surface area contributed by atoms with Crippen molar-refractivity contribution >= 4 is 33.1 Å². The van der Waals surface area contributed by atoms with Crippen molar-refractivity contribution in [1.29, 1.82) is 0 Å². The van der Waals surface area contributed by atoms with E-state index in [0.717, 1.165) is 54.8 Å². The largest absolute Gasteiger partial charge is 2.00 e. The summed E-state index contributed by atoms with van der Waals surface area (Å²) in [5.41, 5.74) is 5.71. The topological polar surface area (TPSA) is 75.0 Å². The van der Waals surface area contributed by atoms with E-state index in [4.69, 9.17) is 19.4 Å². The molecular formula is C42H23N5O2Pt2S. The number of fused-ring (bicyclic) bond motifs is 3. The Balaban J connectivity index is 0.00000210. The molecule has 0 amide bonds. The van der Waals surface area contributed by atoms with E-state index in [2.05, 4.69) is 40.3 Å². The fraction of sp³-hybridized carbons (Fsp3) is 0. The van der Waals surface area contributed by atoms with Crippen molar-refractivity contribution in [3.8, 4) is 61.9 Å². The Labute approximate surface area is 332 Å². The van der Waals surface area contributed by atoms with Crippen molar-refractivity contribution < 1.29 is 51.6 Å². The molecule has 0 saturated carbocycles. The van der Waals surface area contributed by atoms with E-state index in [9.17, 15) is 0 Å². The number of pyridine rings is 2. The summed E-state index contributed by atoms with van der Waals surface area (Å²) in [4.78, 5) is 19.6. The van der Waals surface area contributed by atoms with Crippen LogP contribution in [0.1, 0.15) is 0 Å². The third kappa shape index (κ3) is 7.11. The molecular weight excluding hydrogens is 1030 g/mol. The van der Waals surface area contributed by atoms with Crippen LogP contribution in [0.2, 0.25) is 0 Å². The second-order valence-corrected chi connectivity index (χ2v) is 12.2. The number of ether oxygens (including phenoxy) is 2. The monoisotopic (exact) mass is 1050 g/mol. The minimum atomic E-state index is 0. The van der Waals surface area contributed by atoms with Gasteiger partial charge in [-0.3, -0.25) is 0 Å². The number of rotatable bonds is 8. The maximum absolute atomic E-state index is 6.32. The summed E-state index contributed by atoms with van der Waals surface area (Å²) in [5.74, 6) is 2.61. The summed E-state index contributed by atoms with van der Waals surface area (Å²) in [6.45, 7) is 0. The van der Waals surface area contributed by atoms with E-state index in [-0.39, 0.29) is 42.1 Å². The zero-order valence-electron chi connectivity index (χ0n) is 26.9. The molecule has 0 aliphatic heterocycles. The molecule has 10 heteroatoms.